The maximum atomic E-state index is 11.5. The number of aliphatic hydroxyl groups is 1. The highest BCUT2D eigenvalue weighted by Gasteiger charge is 2.11. The lowest BCUT2D eigenvalue weighted by atomic mass is 9.98. The molecule has 0 saturated carbocycles. The number of carbonyl (C=O) groups is 1. The molecule has 0 aliphatic carbocycles. The first-order valence-corrected chi connectivity index (χ1v) is 6.97. The fourth-order valence-corrected chi connectivity index (χ4v) is 1.93. The van der Waals surface area contributed by atoms with Crippen molar-refractivity contribution in [3.8, 4) is 0 Å². The van der Waals surface area contributed by atoms with Crippen molar-refractivity contribution < 1.29 is 9.90 Å². The van der Waals surface area contributed by atoms with Crippen molar-refractivity contribution in [1.29, 1.82) is 0 Å². The summed E-state index contributed by atoms with van der Waals surface area (Å²) in [6.45, 7) is 8.14. The van der Waals surface area contributed by atoms with Gasteiger partial charge in [-0.05, 0) is 37.3 Å². The standard InChI is InChI=1S/C16H25NO2/c1-11(2)13-5-7-14(8-6-13)15(18)9-10-16(19)17-12(3)4/h5-8,11-12,15,18H,9-10H2,1-4H3,(H,17,19). The molecule has 1 rings (SSSR count). The summed E-state index contributed by atoms with van der Waals surface area (Å²) < 4.78 is 0. The Labute approximate surface area is 116 Å². The molecule has 0 spiro atoms. The van der Waals surface area contributed by atoms with E-state index in [4.69, 9.17) is 0 Å². The predicted molar refractivity (Wildman–Crippen MR) is 78.0 cm³/mol. The lowest BCUT2D eigenvalue weighted by molar-refractivity contribution is -0.122. The Morgan fingerprint density at radius 3 is 2.11 bits per heavy atom. The molecule has 1 amide bonds. The first-order valence-electron chi connectivity index (χ1n) is 6.97. The number of rotatable bonds is 6. The van der Waals surface area contributed by atoms with Crippen molar-refractivity contribution in [3.63, 3.8) is 0 Å². The van der Waals surface area contributed by atoms with Gasteiger partial charge in [0.05, 0.1) is 6.10 Å². The van der Waals surface area contributed by atoms with Gasteiger partial charge in [0, 0.05) is 12.5 Å². The second-order valence-corrected chi connectivity index (χ2v) is 5.60. The zero-order valence-corrected chi connectivity index (χ0v) is 12.3. The number of aliphatic hydroxyl groups excluding tert-OH is 1. The van der Waals surface area contributed by atoms with Gasteiger partial charge in [-0.25, -0.2) is 0 Å². The fourth-order valence-electron chi connectivity index (χ4n) is 1.93. The average molecular weight is 263 g/mol. The Balaban J connectivity index is 2.49. The van der Waals surface area contributed by atoms with Gasteiger partial charge < -0.3 is 10.4 Å². The maximum Gasteiger partial charge on any atom is 0.220 e. The lowest BCUT2D eigenvalue weighted by Crippen LogP contribution is -2.30. The second kappa shape index (κ2) is 7.29. The van der Waals surface area contributed by atoms with Crippen LogP contribution in [0.2, 0.25) is 0 Å². The second-order valence-electron chi connectivity index (χ2n) is 5.60. The maximum absolute atomic E-state index is 11.5. The first kappa shape index (κ1) is 15.7. The van der Waals surface area contributed by atoms with Crippen molar-refractivity contribution in [2.45, 2.75) is 58.6 Å². The number of carbonyl (C=O) groups excluding carboxylic acids is 1. The van der Waals surface area contributed by atoms with Gasteiger partial charge in [0.1, 0.15) is 0 Å². The van der Waals surface area contributed by atoms with Gasteiger partial charge in [0.15, 0.2) is 0 Å². The summed E-state index contributed by atoms with van der Waals surface area (Å²) >= 11 is 0. The average Bonchev–Trinajstić information content (AvgIpc) is 2.35. The third-order valence-electron chi connectivity index (χ3n) is 3.08. The SMILES string of the molecule is CC(C)NC(=O)CCC(O)c1ccc(C(C)C)cc1. The number of hydrogen-bond donors (Lipinski definition) is 2. The molecule has 0 radical (unpaired) electrons. The minimum absolute atomic E-state index is 0.00662. The van der Waals surface area contributed by atoms with Crippen LogP contribution in [0.5, 0.6) is 0 Å². The van der Waals surface area contributed by atoms with E-state index in [0.29, 0.717) is 18.8 Å². The van der Waals surface area contributed by atoms with E-state index < -0.39 is 6.10 Å². The van der Waals surface area contributed by atoms with Crippen LogP contribution >= 0.6 is 0 Å². The van der Waals surface area contributed by atoms with Crippen molar-refractivity contribution >= 4 is 5.91 Å². The summed E-state index contributed by atoms with van der Waals surface area (Å²) in [5.41, 5.74) is 2.13. The van der Waals surface area contributed by atoms with Crippen LogP contribution < -0.4 is 5.32 Å². The van der Waals surface area contributed by atoms with Crippen molar-refractivity contribution in [2.75, 3.05) is 0 Å². The van der Waals surface area contributed by atoms with Gasteiger partial charge >= 0.3 is 0 Å². The molecule has 3 nitrogen and oxygen atoms in total. The third-order valence-corrected chi connectivity index (χ3v) is 3.08. The number of amides is 1. The van der Waals surface area contributed by atoms with E-state index in [9.17, 15) is 9.90 Å². The van der Waals surface area contributed by atoms with Crippen molar-refractivity contribution in [1.82, 2.24) is 5.32 Å². The zero-order chi connectivity index (χ0) is 14.4. The van der Waals surface area contributed by atoms with Crippen LogP contribution in [0.3, 0.4) is 0 Å². The van der Waals surface area contributed by atoms with Gasteiger partial charge in [0.25, 0.3) is 0 Å². The van der Waals surface area contributed by atoms with Crippen LogP contribution in [0.4, 0.5) is 0 Å². The van der Waals surface area contributed by atoms with Gasteiger partial charge in [-0.1, -0.05) is 38.1 Å². The fraction of sp³-hybridized carbons (Fsp3) is 0.562. The normalized spacial score (nSPS) is 12.8. The molecule has 19 heavy (non-hydrogen) atoms. The number of benzene rings is 1. The summed E-state index contributed by atoms with van der Waals surface area (Å²) in [4.78, 5) is 11.5. The monoisotopic (exact) mass is 263 g/mol. The van der Waals surface area contributed by atoms with Gasteiger partial charge in [0.2, 0.25) is 5.91 Å². The number of nitrogens with one attached hydrogen (secondary N) is 1. The Bertz CT molecular complexity index is 396. The molecular formula is C16H25NO2. The first-order chi connectivity index (χ1) is 8.90. The van der Waals surface area contributed by atoms with Crippen LogP contribution in [0, 0.1) is 0 Å². The molecule has 106 valence electrons. The highest BCUT2D eigenvalue weighted by molar-refractivity contribution is 5.76. The minimum Gasteiger partial charge on any atom is -0.388 e. The summed E-state index contributed by atoms with van der Waals surface area (Å²) in [6, 6.07) is 8.12. The van der Waals surface area contributed by atoms with Crippen LogP contribution in [0.1, 0.15) is 63.7 Å². The van der Waals surface area contributed by atoms with Gasteiger partial charge in [-0.2, -0.15) is 0 Å². The predicted octanol–water partition coefficient (Wildman–Crippen LogP) is 3.15. The quantitative estimate of drug-likeness (QED) is 0.828. The van der Waals surface area contributed by atoms with E-state index in [1.165, 1.54) is 5.56 Å². The van der Waals surface area contributed by atoms with E-state index >= 15 is 0 Å². The Kier molecular flexibility index (Phi) is 6.03. The van der Waals surface area contributed by atoms with Gasteiger partial charge in [-0.15, -0.1) is 0 Å². The molecule has 1 aromatic carbocycles. The molecular weight excluding hydrogens is 238 g/mol. The summed E-state index contributed by atoms with van der Waals surface area (Å²) in [5, 5.41) is 12.9. The van der Waals surface area contributed by atoms with Crippen LogP contribution in [-0.4, -0.2) is 17.1 Å². The van der Waals surface area contributed by atoms with Gasteiger partial charge in [-0.3, -0.25) is 4.79 Å². The molecule has 0 fully saturated rings. The highest BCUT2D eigenvalue weighted by Crippen LogP contribution is 2.21. The summed E-state index contributed by atoms with van der Waals surface area (Å²) in [5.74, 6) is 0.482. The molecule has 0 aliphatic rings. The van der Waals surface area contributed by atoms with Crippen molar-refractivity contribution in [2.24, 2.45) is 0 Å². The Morgan fingerprint density at radius 1 is 1.11 bits per heavy atom. The molecule has 0 aromatic heterocycles. The molecule has 2 N–H and O–H groups in total. The smallest absolute Gasteiger partial charge is 0.220 e. The van der Waals surface area contributed by atoms with Crippen LogP contribution in [-0.2, 0) is 4.79 Å². The molecule has 1 aromatic rings. The molecule has 0 aliphatic heterocycles. The van der Waals surface area contributed by atoms with E-state index in [2.05, 4.69) is 19.2 Å². The molecule has 3 heteroatoms. The molecule has 0 heterocycles. The Hall–Kier alpha value is -1.35. The van der Waals surface area contributed by atoms with E-state index in [-0.39, 0.29) is 11.9 Å². The lowest BCUT2D eigenvalue weighted by Gasteiger charge is -2.13. The van der Waals surface area contributed by atoms with Crippen LogP contribution in [0.25, 0.3) is 0 Å². The topological polar surface area (TPSA) is 49.3 Å². The molecule has 1 unspecified atom stereocenters. The van der Waals surface area contributed by atoms with Crippen LogP contribution in [0.15, 0.2) is 24.3 Å². The molecule has 1 atom stereocenters. The van der Waals surface area contributed by atoms with E-state index in [1.807, 2.05) is 38.1 Å². The zero-order valence-electron chi connectivity index (χ0n) is 12.3. The summed E-state index contributed by atoms with van der Waals surface area (Å²) in [7, 11) is 0. The van der Waals surface area contributed by atoms with E-state index in [1.54, 1.807) is 0 Å². The largest absolute Gasteiger partial charge is 0.388 e. The Morgan fingerprint density at radius 2 is 1.63 bits per heavy atom. The highest BCUT2D eigenvalue weighted by atomic mass is 16.3. The molecule has 0 saturated heterocycles. The van der Waals surface area contributed by atoms with E-state index in [0.717, 1.165) is 5.56 Å². The van der Waals surface area contributed by atoms with Crippen molar-refractivity contribution in [3.05, 3.63) is 35.4 Å². The summed E-state index contributed by atoms with van der Waals surface area (Å²) in [6.07, 6.45) is 0.240. The molecule has 0 bridgehead atoms. The third kappa shape index (κ3) is 5.43. The number of hydrogen-bond acceptors (Lipinski definition) is 2. The minimum atomic E-state index is -0.570.